The number of ether oxygens (including phenoxy) is 1. The first-order chi connectivity index (χ1) is 7.56. The first-order valence-corrected chi connectivity index (χ1v) is 5.51. The molecule has 1 N–H and O–H groups in total. The molecule has 0 aliphatic heterocycles. The first-order valence-electron chi connectivity index (χ1n) is 5.51. The van der Waals surface area contributed by atoms with Crippen molar-refractivity contribution in [2.75, 3.05) is 7.05 Å². The Hall–Kier alpha value is -1.16. The molecule has 0 amide bonds. The molecule has 4 heteroatoms. The summed E-state index contributed by atoms with van der Waals surface area (Å²) in [5, 5.41) is 2.90. The van der Waals surface area contributed by atoms with Crippen molar-refractivity contribution in [3.63, 3.8) is 0 Å². The SMILES string of the molecule is CNCc1ccnc(OC(C)C(C)C)c1F. The van der Waals surface area contributed by atoms with Crippen LogP contribution in [0.2, 0.25) is 0 Å². The highest BCUT2D eigenvalue weighted by Crippen LogP contribution is 2.20. The van der Waals surface area contributed by atoms with Gasteiger partial charge in [-0.3, -0.25) is 0 Å². The monoisotopic (exact) mass is 226 g/mol. The van der Waals surface area contributed by atoms with Crippen LogP contribution in [0.15, 0.2) is 12.3 Å². The van der Waals surface area contributed by atoms with E-state index >= 15 is 0 Å². The van der Waals surface area contributed by atoms with E-state index in [1.165, 1.54) is 0 Å². The van der Waals surface area contributed by atoms with Gasteiger partial charge in [-0.15, -0.1) is 0 Å². The molecule has 1 aromatic heterocycles. The van der Waals surface area contributed by atoms with E-state index < -0.39 is 0 Å². The molecule has 1 rings (SSSR count). The standard InChI is InChI=1S/C12H19FN2O/c1-8(2)9(3)16-12-11(13)10(7-14-4)5-6-15-12/h5-6,8-9,14H,7H2,1-4H3. The molecule has 16 heavy (non-hydrogen) atoms. The van der Waals surface area contributed by atoms with E-state index in [1.807, 2.05) is 20.8 Å². The zero-order chi connectivity index (χ0) is 12.1. The van der Waals surface area contributed by atoms with E-state index in [4.69, 9.17) is 4.74 Å². The van der Waals surface area contributed by atoms with Gasteiger partial charge in [0, 0.05) is 18.3 Å². The van der Waals surface area contributed by atoms with Gasteiger partial charge in [0.2, 0.25) is 0 Å². The number of hydrogen-bond acceptors (Lipinski definition) is 3. The van der Waals surface area contributed by atoms with E-state index in [0.717, 1.165) is 0 Å². The van der Waals surface area contributed by atoms with Crippen LogP contribution in [0.3, 0.4) is 0 Å². The lowest BCUT2D eigenvalue weighted by atomic mass is 10.1. The summed E-state index contributed by atoms with van der Waals surface area (Å²) >= 11 is 0. The van der Waals surface area contributed by atoms with E-state index in [0.29, 0.717) is 18.0 Å². The maximum atomic E-state index is 13.9. The third kappa shape index (κ3) is 3.17. The quantitative estimate of drug-likeness (QED) is 0.837. The highest BCUT2D eigenvalue weighted by molar-refractivity contribution is 5.23. The topological polar surface area (TPSA) is 34.2 Å². The summed E-state index contributed by atoms with van der Waals surface area (Å²) in [7, 11) is 1.77. The first kappa shape index (κ1) is 12.9. The molecular formula is C12H19FN2O. The van der Waals surface area contributed by atoms with Gasteiger partial charge < -0.3 is 10.1 Å². The van der Waals surface area contributed by atoms with Crippen molar-refractivity contribution in [3.8, 4) is 5.88 Å². The molecule has 0 aliphatic carbocycles. The third-order valence-corrected chi connectivity index (χ3v) is 2.54. The summed E-state index contributed by atoms with van der Waals surface area (Å²) in [5.41, 5.74) is 0.573. The van der Waals surface area contributed by atoms with Gasteiger partial charge in [0.15, 0.2) is 5.82 Å². The number of nitrogens with zero attached hydrogens (tertiary/aromatic N) is 1. The van der Waals surface area contributed by atoms with E-state index in [2.05, 4.69) is 10.3 Å². The lowest BCUT2D eigenvalue weighted by Gasteiger charge is -2.18. The zero-order valence-electron chi connectivity index (χ0n) is 10.2. The van der Waals surface area contributed by atoms with Crippen molar-refractivity contribution in [2.24, 2.45) is 5.92 Å². The molecule has 3 nitrogen and oxygen atoms in total. The van der Waals surface area contributed by atoms with Crippen molar-refractivity contribution in [1.82, 2.24) is 10.3 Å². The molecule has 0 radical (unpaired) electrons. The summed E-state index contributed by atoms with van der Waals surface area (Å²) in [5.74, 6) is 0.0486. The number of nitrogens with one attached hydrogen (secondary N) is 1. The molecule has 1 aromatic rings. The Morgan fingerprint density at radius 1 is 1.44 bits per heavy atom. The average molecular weight is 226 g/mol. The number of hydrogen-bond donors (Lipinski definition) is 1. The van der Waals surface area contributed by atoms with Crippen LogP contribution in [0.1, 0.15) is 26.3 Å². The molecule has 0 spiro atoms. The third-order valence-electron chi connectivity index (χ3n) is 2.54. The van der Waals surface area contributed by atoms with Crippen molar-refractivity contribution < 1.29 is 9.13 Å². The maximum Gasteiger partial charge on any atom is 0.250 e. The van der Waals surface area contributed by atoms with Crippen LogP contribution in [0.25, 0.3) is 0 Å². The Morgan fingerprint density at radius 2 is 2.12 bits per heavy atom. The van der Waals surface area contributed by atoms with Gasteiger partial charge in [0.25, 0.3) is 5.88 Å². The lowest BCUT2D eigenvalue weighted by Crippen LogP contribution is -2.20. The van der Waals surface area contributed by atoms with Gasteiger partial charge in [-0.25, -0.2) is 9.37 Å². The molecule has 1 atom stereocenters. The Kier molecular flexibility index (Phi) is 4.68. The van der Waals surface area contributed by atoms with Crippen LogP contribution in [0.5, 0.6) is 5.88 Å². The molecule has 0 bridgehead atoms. The van der Waals surface area contributed by atoms with Crippen molar-refractivity contribution in [3.05, 3.63) is 23.6 Å². The van der Waals surface area contributed by atoms with Crippen LogP contribution < -0.4 is 10.1 Å². The van der Waals surface area contributed by atoms with Crippen molar-refractivity contribution in [2.45, 2.75) is 33.4 Å². The Bertz CT molecular complexity index is 342. The molecule has 90 valence electrons. The predicted octanol–water partition coefficient (Wildman–Crippen LogP) is 2.36. The van der Waals surface area contributed by atoms with Crippen molar-refractivity contribution >= 4 is 0 Å². The van der Waals surface area contributed by atoms with Crippen LogP contribution >= 0.6 is 0 Å². The Balaban J connectivity index is 2.84. The van der Waals surface area contributed by atoms with Gasteiger partial charge in [0.1, 0.15) is 6.10 Å². The summed E-state index contributed by atoms with van der Waals surface area (Å²) in [4.78, 5) is 3.92. The molecule has 0 aliphatic rings. The molecular weight excluding hydrogens is 207 g/mol. The van der Waals surface area contributed by atoms with Gasteiger partial charge in [-0.2, -0.15) is 0 Å². The molecule has 0 fully saturated rings. The van der Waals surface area contributed by atoms with Gasteiger partial charge in [0.05, 0.1) is 0 Å². The van der Waals surface area contributed by atoms with E-state index in [1.54, 1.807) is 19.3 Å². The summed E-state index contributed by atoms with van der Waals surface area (Å²) < 4.78 is 19.3. The maximum absolute atomic E-state index is 13.9. The fraction of sp³-hybridized carbons (Fsp3) is 0.583. The fourth-order valence-corrected chi connectivity index (χ4v) is 1.18. The number of rotatable bonds is 5. The molecule has 1 heterocycles. The highest BCUT2D eigenvalue weighted by Gasteiger charge is 2.15. The van der Waals surface area contributed by atoms with Crippen LogP contribution in [-0.2, 0) is 6.54 Å². The normalized spacial score (nSPS) is 12.9. The lowest BCUT2D eigenvalue weighted by molar-refractivity contribution is 0.155. The smallest absolute Gasteiger partial charge is 0.250 e. The van der Waals surface area contributed by atoms with Gasteiger partial charge in [-0.1, -0.05) is 13.8 Å². The van der Waals surface area contributed by atoms with Crippen LogP contribution in [0, 0.1) is 11.7 Å². The van der Waals surface area contributed by atoms with Crippen molar-refractivity contribution in [1.29, 1.82) is 0 Å². The molecule has 1 unspecified atom stereocenters. The Labute approximate surface area is 96.0 Å². The van der Waals surface area contributed by atoms with E-state index in [-0.39, 0.29) is 17.8 Å². The van der Waals surface area contributed by atoms with Crippen LogP contribution in [0.4, 0.5) is 4.39 Å². The molecule has 0 saturated heterocycles. The summed E-state index contributed by atoms with van der Waals surface area (Å²) in [6.45, 7) is 6.44. The second-order valence-corrected chi connectivity index (χ2v) is 4.19. The van der Waals surface area contributed by atoms with E-state index in [9.17, 15) is 4.39 Å². The summed E-state index contributed by atoms with van der Waals surface area (Å²) in [6, 6.07) is 1.65. The number of aromatic nitrogens is 1. The number of halogens is 1. The second kappa shape index (κ2) is 5.80. The Morgan fingerprint density at radius 3 is 2.69 bits per heavy atom. The average Bonchev–Trinajstić information content (AvgIpc) is 2.24. The molecule has 0 aromatic carbocycles. The number of pyridine rings is 1. The van der Waals surface area contributed by atoms with Gasteiger partial charge in [-0.05, 0) is 26.0 Å². The summed E-state index contributed by atoms with van der Waals surface area (Å²) in [6.07, 6.45) is 1.52. The second-order valence-electron chi connectivity index (χ2n) is 4.19. The van der Waals surface area contributed by atoms with Crippen LogP contribution in [-0.4, -0.2) is 18.1 Å². The largest absolute Gasteiger partial charge is 0.472 e. The molecule has 0 saturated carbocycles. The highest BCUT2D eigenvalue weighted by atomic mass is 19.1. The minimum absolute atomic E-state index is 0.0492. The minimum atomic E-state index is -0.371. The zero-order valence-corrected chi connectivity index (χ0v) is 10.2. The minimum Gasteiger partial charge on any atom is -0.472 e. The fourth-order valence-electron chi connectivity index (χ4n) is 1.18. The predicted molar refractivity (Wildman–Crippen MR) is 61.9 cm³/mol. The van der Waals surface area contributed by atoms with Gasteiger partial charge >= 0.3 is 0 Å².